The number of rotatable bonds is 7. The highest BCUT2D eigenvalue weighted by Gasteiger charge is 2.31. The van der Waals surface area contributed by atoms with Gasteiger partial charge in [-0.15, -0.1) is 12.4 Å². The van der Waals surface area contributed by atoms with Crippen molar-refractivity contribution in [2.45, 2.75) is 50.6 Å². The molecule has 2 rings (SSSR count). The molecule has 0 bridgehead atoms. The van der Waals surface area contributed by atoms with E-state index in [2.05, 4.69) is 5.32 Å². The summed E-state index contributed by atoms with van der Waals surface area (Å²) in [6, 6.07) is 6.57. The van der Waals surface area contributed by atoms with Crippen LogP contribution in [0.3, 0.4) is 0 Å². The largest absolute Gasteiger partial charge is 0.352 e. The average Bonchev–Trinajstić information content (AvgIpc) is 3.08. The zero-order valence-corrected chi connectivity index (χ0v) is 17.3. The van der Waals surface area contributed by atoms with E-state index in [0.29, 0.717) is 13.1 Å². The Morgan fingerprint density at radius 1 is 1.27 bits per heavy atom. The zero-order chi connectivity index (χ0) is 18.6. The summed E-state index contributed by atoms with van der Waals surface area (Å²) < 4.78 is 26.2. The monoisotopic (exact) mass is 403 g/mol. The van der Waals surface area contributed by atoms with Gasteiger partial charge in [-0.2, -0.15) is 4.31 Å². The van der Waals surface area contributed by atoms with Crippen LogP contribution in [-0.4, -0.2) is 38.3 Å². The normalized spacial score (nSPS) is 20.2. The van der Waals surface area contributed by atoms with Crippen molar-refractivity contribution in [1.29, 1.82) is 0 Å². The number of nitrogens with zero attached hydrogens (tertiary/aromatic N) is 1. The van der Waals surface area contributed by atoms with Crippen molar-refractivity contribution in [2.24, 2.45) is 17.6 Å². The van der Waals surface area contributed by atoms with Crippen LogP contribution in [0.1, 0.15) is 38.7 Å². The van der Waals surface area contributed by atoms with Gasteiger partial charge in [0.05, 0.1) is 4.90 Å². The van der Waals surface area contributed by atoms with Crippen LogP contribution in [0.2, 0.25) is 0 Å². The lowest BCUT2D eigenvalue weighted by Gasteiger charge is -2.21. The first-order chi connectivity index (χ1) is 11.8. The van der Waals surface area contributed by atoms with Crippen molar-refractivity contribution >= 4 is 28.3 Å². The molecule has 2 atom stereocenters. The number of sulfonamides is 1. The first kappa shape index (κ1) is 22.9. The summed E-state index contributed by atoms with van der Waals surface area (Å²) in [6.45, 7) is 4.61. The van der Waals surface area contributed by atoms with Crippen molar-refractivity contribution in [1.82, 2.24) is 9.62 Å². The van der Waals surface area contributed by atoms with Crippen LogP contribution in [0.4, 0.5) is 0 Å². The van der Waals surface area contributed by atoms with Gasteiger partial charge in [0.1, 0.15) is 0 Å². The molecule has 6 nitrogen and oxygen atoms in total. The number of hydrogen-bond donors (Lipinski definition) is 2. The second-order valence-electron chi connectivity index (χ2n) is 7.01. The molecule has 148 valence electrons. The molecule has 0 aromatic heterocycles. The third-order valence-corrected chi connectivity index (χ3v) is 7.14. The fraction of sp³-hybridized carbons (Fsp3) is 0.611. The lowest BCUT2D eigenvalue weighted by atomic mass is 9.95. The van der Waals surface area contributed by atoms with E-state index in [1.54, 1.807) is 31.3 Å². The molecular formula is C18H30ClN3O3S. The molecule has 1 fully saturated rings. The third kappa shape index (κ3) is 5.19. The van der Waals surface area contributed by atoms with E-state index in [9.17, 15) is 13.2 Å². The summed E-state index contributed by atoms with van der Waals surface area (Å²) in [7, 11) is -1.90. The highest BCUT2D eigenvalue weighted by Crippen LogP contribution is 2.31. The summed E-state index contributed by atoms with van der Waals surface area (Å²) in [5, 5.41) is 2.95. The Morgan fingerprint density at radius 3 is 2.42 bits per heavy atom. The molecule has 0 spiro atoms. The lowest BCUT2D eigenvalue weighted by molar-refractivity contribution is -0.126. The summed E-state index contributed by atoms with van der Waals surface area (Å²) >= 11 is 0. The van der Waals surface area contributed by atoms with E-state index in [4.69, 9.17) is 5.73 Å². The molecule has 0 heterocycles. The molecule has 1 aromatic rings. The van der Waals surface area contributed by atoms with Crippen LogP contribution in [0.15, 0.2) is 29.2 Å². The molecule has 1 aliphatic rings. The number of benzene rings is 1. The van der Waals surface area contributed by atoms with Crippen molar-refractivity contribution in [3.05, 3.63) is 29.8 Å². The van der Waals surface area contributed by atoms with Crippen LogP contribution >= 0.6 is 12.4 Å². The molecule has 0 aliphatic heterocycles. The Labute approximate surface area is 163 Å². The van der Waals surface area contributed by atoms with Gasteiger partial charge < -0.3 is 11.1 Å². The fourth-order valence-electron chi connectivity index (χ4n) is 3.21. The maximum atomic E-state index is 12.4. The smallest absolute Gasteiger partial charge is 0.243 e. The summed E-state index contributed by atoms with van der Waals surface area (Å²) in [5.74, 6) is 0.327. The highest BCUT2D eigenvalue weighted by atomic mass is 35.5. The summed E-state index contributed by atoms with van der Waals surface area (Å²) in [6.07, 6.45) is 2.97. The number of nitrogens with two attached hydrogens (primary N) is 1. The van der Waals surface area contributed by atoms with Gasteiger partial charge in [-0.05, 0) is 56.8 Å². The van der Waals surface area contributed by atoms with Gasteiger partial charge in [-0.3, -0.25) is 4.79 Å². The van der Waals surface area contributed by atoms with E-state index in [1.807, 2.05) is 13.8 Å². The summed E-state index contributed by atoms with van der Waals surface area (Å²) in [5.41, 5.74) is 6.61. The van der Waals surface area contributed by atoms with Crippen molar-refractivity contribution in [3.8, 4) is 0 Å². The maximum absolute atomic E-state index is 12.4. The second-order valence-corrected chi connectivity index (χ2v) is 9.01. The van der Waals surface area contributed by atoms with Crippen molar-refractivity contribution in [2.75, 3.05) is 13.6 Å². The third-order valence-electron chi connectivity index (χ3n) is 5.09. The van der Waals surface area contributed by atoms with E-state index in [-0.39, 0.29) is 41.1 Å². The molecule has 1 amide bonds. The van der Waals surface area contributed by atoms with Gasteiger partial charge in [0.2, 0.25) is 15.9 Å². The Morgan fingerprint density at radius 2 is 1.88 bits per heavy atom. The Hall–Kier alpha value is -1.15. The first-order valence-electron chi connectivity index (χ1n) is 8.82. The predicted molar refractivity (Wildman–Crippen MR) is 106 cm³/mol. The first-order valence-corrected chi connectivity index (χ1v) is 10.3. The molecule has 0 saturated heterocycles. The molecule has 0 radical (unpaired) electrons. The molecule has 3 N–H and O–H groups in total. The maximum Gasteiger partial charge on any atom is 0.243 e. The minimum atomic E-state index is -3.48. The molecule has 8 heteroatoms. The van der Waals surface area contributed by atoms with Gasteiger partial charge >= 0.3 is 0 Å². The van der Waals surface area contributed by atoms with Gasteiger partial charge in [-0.25, -0.2) is 8.42 Å². The number of amides is 1. The fourth-order valence-corrected chi connectivity index (χ4v) is 4.58. The summed E-state index contributed by atoms with van der Waals surface area (Å²) in [4.78, 5) is 12.6. The van der Waals surface area contributed by atoms with Gasteiger partial charge in [0, 0.05) is 25.6 Å². The quantitative estimate of drug-likeness (QED) is 0.729. The Balaban J connectivity index is 0.00000338. The van der Waals surface area contributed by atoms with Gasteiger partial charge in [-0.1, -0.05) is 18.6 Å². The minimum absolute atomic E-state index is 0. The SMILES string of the molecule is CC(C)N(C)S(=O)(=O)c1ccc(CNC(=O)[C@@H]2CCC[C@@H]2CN)cc1.Cl. The number of halogens is 1. The Kier molecular flexibility index (Phi) is 8.53. The number of carbonyl (C=O) groups excluding carboxylic acids is 1. The molecule has 26 heavy (non-hydrogen) atoms. The van der Waals surface area contributed by atoms with E-state index in [0.717, 1.165) is 24.8 Å². The van der Waals surface area contributed by atoms with E-state index >= 15 is 0 Å². The van der Waals surface area contributed by atoms with E-state index < -0.39 is 10.0 Å². The van der Waals surface area contributed by atoms with Crippen LogP contribution < -0.4 is 11.1 Å². The molecular weight excluding hydrogens is 374 g/mol. The number of carbonyl (C=O) groups is 1. The van der Waals surface area contributed by atoms with Crippen molar-refractivity contribution < 1.29 is 13.2 Å². The van der Waals surface area contributed by atoms with Crippen LogP contribution in [0.5, 0.6) is 0 Å². The zero-order valence-electron chi connectivity index (χ0n) is 15.6. The van der Waals surface area contributed by atoms with Crippen LogP contribution in [-0.2, 0) is 21.4 Å². The highest BCUT2D eigenvalue weighted by molar-refractivity contribution is 7.89. The molecule has 1 aliphatic carbocycles. The number of hydrogen-bond acceptors (Lipinski definition) is 4. The molecule has 0 unspecified atom stereocenters. The second kappa shape index (κ2) is 9.69. The average molecular weight is 404 g/mol. The van der Waals surface area contributed by atoms with E-state index in [1.165, 1.54) is 4.31 Å². The molecule has 1 aromatic carbocycles. The lowest BCUT2D eigenvalue weighted by Crippen LogP contribution is -2.34. The van der Waals surface area contributed by atoms with Gasteiger partial charge in [0.15, 0.2) is 0 Å². The van der Waals surface area contributed by atoms with Crippen LogP contribution in [0.25, 0.3) is 0 Å². The standard InChI is InChI=1S/C18H29N3O3S.ClH/c1-13(2)21(3)25(23,24)16-9-7-14(8-10-16)12-20-18(22)17-6-4-5-15(17)11-19;/h7-10,13,15,17H,4-6,11-12,19H2,1-3H3,(H,20,22);1H/t15-,17-;/m1./s1. The van der Waals surface area contributed by atoms with Gasteiger partial charge in [0.25, 0.3) is 0 Å². The Bertz CT molecular complexity index is 692. The van der Waals surface area contributed by atoms with Crippen LogP contribution in [0, 0.1) is 11.8 Å². The number of nitrogens with one attached hydrogen (secondary N) is 1. The predicted octanol–water partition coefficient (Wildman–Crippen LogP) is 2.13. The molecule has 1 saturated carbocycles. The topological polar surface area (TPSA) is 92.5 Å². The minimum Gasteiger partial charge on any atom is -0.352 e. The van der Waals surface area contributed by atoms with Crippen molar-refractivity contribution in [3.63, 3.8) is 0 Å².